The van der Waals surface area contributed by atoms with Crippen LogP contribution in [0, 0.1) is 0 Å². The molecule has 76 valence electrons. The van der Waals surface area contributed by atoms with E-state index in [9.17, 15) is 4.79 Å². The minimum absolute atomic E-state index is 0.421. The Kier molecular flexibility index (Phi) is 3.51. The summed E-state index contributed by atoms with van der Waals surface area (Å²) in [4.78, 5) is 14.4. The average molecular weight is 192 g/mol. The molecule has 0 atom stereocenters. The SMILES string of the molecule is CN(C)c1ccccc1N(C)CC=O. The van der Waals surface area contributed by atoms with Crippen LogP contribution in [0.25, 0.3) is 0 Å². The van der Waals surface area contributed by atoms with Crippen molar-refractivity contribution in [3.05, 3.63) is 24.3 Å². The Labute approximate surface area is 84.9 Å². The molecule has 0 unspecified atom stereocenters. The van der Waals surface area contributed by atoms with Crippen molar-refractivity contribution in [2.45, 2.75) is 0 Å². The zero-order valence-electron chi connectivity index (χ0n) is 8.90. The lowest BCUT2D eigenvalue weighted by Crippen LogP contribution is -2.22. The fraction of sp³-hybridized carbons (Fsp3) is 0.364. The van der Waals surface area contributed by atoms with Gasteiger partial charge in [0.1, 0.15) is 6.29 Å². The largest absolute Gasteiger partial charge is 0.376 e. The van der Waals surface area contributed by atoms with E-state index in [1.807, 2.05) is 55.2 Å². The highest BCUT2D eigenvalue weighted by molar-refractivity contribution is 5.73. The third-order valence-corrected chi connectivity index (χ3v) is 2.12. The molecule has 1 rings (SSSR count). The number of hydrogen-bond donors (Lipinski definition) is 0. The highest BCUT2D eigenvalue weighted by Crippen LogP contribution is 2.26. The summed E-state index contributed by atoms with van der Waals surface area (Å²) in [7, 11) is 5.90. The van der Waals surface area contributed by atoms with Gasteiger partial charge in [0.05, 0.1) is 17.9 Å². The van der Waals surface area contributed by atoms with E-state index in [1.54, 1.807) is 0 Å². The lowest BCUT2D eigenvalue weighted by Gasteiger charge is -2.23. The first-order valence-electron chi connectivity index (χ1n) is 4.58. The zero-order chi connectivity index (χ0) is 10.6. The smallest absolute Gasteiger partial charge is 0.139 e. The van der Waals surface area contributed by atoms with Crippen LogP contribution in [0.4, 0.5) is 11.4 Å². The first-order chi connectivity index (χ1) is 6.66. The highest BCUT2D eigenvalue weighted by Gasteiger charge is 2.06. The van der Waals surface area contributed by atoms with E-state index in [1.165, 1.54) is 0 Å². The van der Waals surface area contributed by atoms with Gasteiger partial charge in [0.15, 0.2) is 0 Å². The predicted molar refractivity (Wildman–Crippen MR) is 60.1 cm³/mol. The molecule has 0 bridgehead atoms. The van der Waals surface area contributed by atoms with Crippen molar-refractivity contribution in [2.24, 2.45) is 0 Å². The molecule has 0 radical (unpaired) electrons. The number of rotatable bonds is 4. The molecule has 1 aromatic carbocycles. The Bertz CT molecular complexity index is 310. The molecule has 14 heavy (non-hydrogen) atoms. The maximum absolute atomic E-state index is 10.4. The number of aldehydes is 1. The van der Waals surface area contributed by atoms with Crippen molar-refractivity contribution in [2.75, 3.05) is 37.5 Å². The molecule has 0 heterocycles. The van der Waals surface area contributed by atoms with Crippen LogP contribution in [0.3, 0.4) is 0 Å². The molecular formula is C11H16N2O. The molecular weight excluding hydrogens is 176 g/mol. The topological polar surface area (TPSA) is 23.6 Å². The van der Waals surface area contributed by atoms with Crippen LogP contribution in [0.2, 0.25) is 0 Å². The van der Waals surface area contributed by atoms with Crippen LogP contribution in [0.15, 0.2) is 24.3 Å². The summed E-state index contributed by atoms with van der Waals surface area (Å²) in [5.74, 6) is 0. The van der Waals surface area contributed by atoms with E-state index in [0.717, 1.165) is 17.7 Å². The second-order valence-electron chi connectivity index (χ2n) is 3.43. The zero-order valence-corrected chi connectivity index (χ0v) is 8.90. The van der Waals surface area contributed by atoms with E-state index in [4.69, 9.17) is 0 Å². The van der Waals surface area contributed by atoms with Crippen molar-refractivity contribution in [1.82, 2.24) is 0 Å². The highest BCUT2D eigenvalue weighted by atomic mass is 16.1. The molecule has 1 aromatic rings. The number of benzene rings is 1. The minimum Gasteiger partial charge on any atom is -0.376 e. The van der Waals surface area contributed by atoms with Crippen molar-refractivity contribution >= 4 is 17.7 Å². The monoisotopic (exact) mass is 192 g/mol. The molecule has 0 aromatic heterocycles. The van der Waals surface area contributed by atoms with E-state index in [-0.39, 0.29) is 0 Å². The Balaban J connectivity index is 2.99. The van der Waals surface area contributed by atoms with Crippen LogP contribution in [-0.4, -0.2) is 34.0 Å². The van der Waals surface area contributed by atoms with Gasteiger partial charge in [-0.15, -0.1) is 0 Å². The first kappa shape index (κ1) is 10.6. The molecule has 0 saturated heterocycles. The molecule has 0 amide bonds. The van der Waals surface area contributed by atoms with Crippen molar-refractivity contribution in [1.29, 1.82) is 0 Å². The fourth-order valence-electron chi connectivity index (χ4n) is 1.38. The van der Waals surface area contributed by atoms with Gasteiger partial charge in [-0.3, -0.25) is 0 Å². The summed E-state index contributed by atoms with van der Waals surface area (Å²) in [6.45, 7) is 0.421. The number of likely N-dealkylation sites (N-methyl/N-ethyl adjacent to an activating group) is 1. The second kappa shape index (κ2) is 4.65. The molecule has 3 heteroatoms. The molecule has 3 nitrogen and oxygen atoms in total. The van der Waals surface area contributed by atoms with Crippen LogP contribution in [-0.2, 0) is 4.79 Å². The van der Waals surface area contributed by atoms with Crippen LogP contribution in [0.5, 0.6) is 0 Å². The molecule has 0 aliphatic carbocycles. The summed E-state index contributed by atoms with van der Waals surface area (Å²) in [6.07, 6.45) is 0.909. The molecule has 0 spiro atoms. The van der Waals surface area contributed by atoms with Gasteiger partial charge < -0.3 is 14.6 Å². The standard InChI is InChI=1S/C11H16N2O/c1-12(2)10-6-4-5-7-11(10)13(3)8-9-14/h4-7,9H,8H2,1-3H3. The van der Waals surface area contributed by atoms with Gasteiger partial charge >= 0.3 is 0 Å². The van der Waals surface area contributed by atoms with E-state index >= 15 is 0 Å². The average Bonchev–Trinajstić information content (AvgIpc) is 2.18. The van der Waals surface area contributed by atoms with Crippen LogP contribution >= 0.6 is 0 Å². The normalized spacial score (nSPS) is 9.64. The van der Waals surface area contributed by atoms with Crippen molar-refractivity contribution < 1.29 is 4.79 Å². The molecule has 0 aliphatic heterocycles. The second-order valence-corrected chi connectivity index (χ2v) is 3.43. The van der Waals surface area contributed by atoms with Crippen LogP contribution < -0.4 is 9.80 Å². The van der Waals surface area contributed by atoms with E-state index in [2.05, 4.69) is 0 Å². The number of hydrogen-bond acceptors (Lipinski definition) is 3. The summed E-state index contributed by atoms with van der Waals surface area (Å²) in [6, 6.07) is 8.02. The van der Waals surface area contributed by atoms with Gasteiger partial charge in [-0.1, -0.05) is 12.1 Å². The number of para-hydroxylation sites is 2. The number of carbonyl (C=O) groups is 1. The third-order valence-electron chi connectivity index (χ3n) is 2.12. The number of carbonyl (C=O) groups excluding carboxylic acids is 1. The first-order valence-corrected chi connectivity index (χ1v) is 4.58. The summed E-state index contributed by atoms with van der Waals surface area (Å²) < 4.78 is 0. The van der Waals surface area contributed by atoms with E-state index in [0.29, 0.717) is 6.54 Å². The third kappa shape index (κ3) is 2.25. The number of anilines is 2. The lowest BCUT2D eigenvalue weighted by atomic mass is 10.2. The summed E-state index contributed by atoms with van der Waals surface area (Å²) in [5, 5.41) is 0. The van der Waals surface area contributed by atoms with Crippen LogP contribution in [0.1, 0.15) is 0 Å². The quantitative estimate of drug-likeness (QED) is 0.673. The number of nitrogens with zero attached hydrogens (tertiary/aromatic N) is 2. The fourth-order valence-corrected chi connectivity index (χ4v) is 1.38. The molecule has 0 saturated carbocycles. The molecule has 0 N–H and O–H groups in total. The maximum atomic E-state index is 10.4. The van der Waals surface area contributed by atoms with Gasteiger partial charge in [0.25, 0.3) is 0 Å². The Morgan fingerprint density at radius 3 is 2.21 bits per heavy atom. The van der Waals surface area contributed by atoms with Gasteiger partial charge in [0, 0.05) is 21.1 Å². The summed E-state index contributed by atoms with van der Waals surface area (Å²) in [5.41, 5.74) is 2.20. The maximum Gasteiger partial charge on any atom is 0.139 e. The van der Waals surface area contributed by atoms with E-state index < -0.39 is 0 Å². The minimum atomic E-state index is 0.421. The van der Waals surface area contributed by atoms with Gasteiger partial charge in [-0.25, -0.2) is 0 Å². The van der Waals surface area contributed by atoms with Gasteiger partial charge in [0.2, 0.25) is 0 Å². The predicted octanol–water partition coefficient (Wildman–Crippen LogP) is 1.39. The van der Waals surface area contributed by atoms with Crippen molar-refractivity contribution in [3.8, 4) is 0 Å². The summed E-state index contributed by atoms with van der Waals surface area (Å²) >= 11 is 0. The van der Waals surface area contributed by atoms with Gasteiger partial charge in [-0.2, -0.15) is 0 Å². The molecule has 0 aliphatic rings. The molecule has 0 fully saturated rings. The van der Waals surface area contributed by atoms with Gasteiger partial charge in [-0.05, 0) is 12.1 Å². The van der Waals surface area contributed by atoms with Crippen molar-refractivity contribution in [3.63, 3.8) is 0 Å². The Hall–Kier alpha value is -1.51. The Morgan fingerprint density at radius 2 is 1.71 bits per heavy atom. The Morgan fingerprint density at radius 1 is 1.14 bits per heavy atom. The lowest BCUT2D eigenvalue weighted by molar-refractivity contribution is -0.106.